The maximum Gasteiger partial charge on any atom is 0.229 e. The number of nitrogens with two attached hydrogens (primary N) is 1. The van der Waals surface area contributed by atoms with Crippen molar-refractivity contribution in [2.45, 2.75) is 51.0 Å². The number of nitrogens with zero attached hydrogens (tertiary/aromatic N) is 2. The fraction of sp³-hybridized carbons (Fsp3) is 0.833. The van der Waals surface area contributed by atoms with Crippen LogP contribution in [0.3, 0.4) is 0 Å². The van der Waals surface area contributed by atoms with Crippen LogP contribution in [0.2, 0.25) is 0 Å². The van der Waals surface area contributed by atoms with Crippen LogP contribution >= 0.6 is 0 Å². The minimum absolute atomic E-state index is 0.186. The molecule has 0 bridgehead atoms. The maximum absolute atomic E-state index is 9.84. The Morgan fingerprint density at radius 3 is 2.88 bits per heavy atom. The van der Waals surface area contributed by atoms with Crippen LogP contribution in [0.15, 0.2) is 4.52 Å². The highest BCUT2D eigenvalue weighted by atomic mass is 16.5. The first kappa shape index (κ1) is 12.5. The summed E-state index contributed by atoms with van der Waals surface area (Å²) in [5, 5.41) is 13.9. The van der Waals surface area contributed by atoms with Crippen molar-refractivity contribution < 1.29 is 9.63 Å². The van der Waals surface area contributed by atoms with E-state index < -0.39 is 5.60 Å². The smallest absolute Gasteiger partial charge is 0.229 e. The summed E-state index contributed by atoms with van der Waals surface area (Å²) in [6, 6.07) is 0. The minimum Gasteiger partial charge on any atom is -0.388 e. The Morgan fingerprint density at radius 2 is 2.29 bits per heavy atom. The Hall–Kier alpha value is -0.940. The number of aromatic nitrogens is 2. The summed E-state index contributed by atoms with van der Waals surface area (Å²) in [6.45, 7) is 4.11. The summed E-state index contributed by atoms with van der Waals surface area (Å²) < 4.78 is 5.17. The van der Waals surface area contributed by atoms with Crippen LogP contribution in [-0.4, -0.2) is 27.4 Å². The van der Waals surface area contributed by atoms with E-state index in [0.29, 0.717) is 18.2 Å². The topological polar surface area (TPSA) is 85.2 Å². The average molecular weight is 239 g/mol. The van der Waals surface area contributed by atoms with E-state index in [2.05, 4.69) is 17.1 Å². The number of hydrogen-bond acceptors (Lipinski definition) is 5. The predicted molar refractivity (Wildman–Crippen MR) is 63.4 cm³/mol. The summed E-state index contributed by atoms with van der Waals surface area (Å²) in [6.07, 6.45) is 3.81. The van der Waals surface area contributed by atoms with Crippen molar-refractivity contribution in [3.8, 4) is 0 Å². The van der Waals surface area contributed by atoms with Gasteiger partial charge in [-0.3, -0.25) is 0 Å². The SMILES string of the molecule is CC1CCC(c2noc(CC(C)(O)CN)n2)C1. The van der Waals surface area contributed by atoms with Crippen LogP contribution in [0.1, 0.15) is 50.7 Å². The molecule has 0 saturated heterocycles. The van der Waals surface area contributed by atoms with Crippen molar-refractivity contribution in [3.05, 3.63) is 11.7 Å². The van der Waals surface area contributed by atoms with Crippen LogP contribution in [-0.2, 0) is 6.42 Å². The molecule has 96 valence electrons. The van der Waals surface area contributed by atoms with Gasteiger partial charge in [0.05, 0.1) is 12.0 Å². The molecule has 5 heteroatoms. The summed E-state index contributed by atoms with van der Waals surface area (Å²) in [7, 11) is 0. The zero-order valence-electron chi connectivity index (χ0n) is 10.5. The molecule has 1 saturated carbocycles. The molecular formula is C12H21N3O2. The second-order valence-electron chi connectivity index (χ2n) is 5.54. The molecule has 1 heterocycles. The molecule has 0 radical (unpaired) electrons. The van der Waals surface area contributed by atoms with Crippen molar-refractivity contribution in [1.82, 2.24) is 10.1 Å². The monoisotopic (exact) mass is 239 g/mol. The van der Waals surface area contributed by atoms with E-state index in [0.717, 1.165) is 24.6 Å². The molecule has 3 atom stereocenters. The van der Waals surface area contributed by atoms with Crippen LogP contribution in [0.4, 0.5) is 0 Å². The lowest BCUT2D eigenvalue weighted by Crippen LogP contribution is -2.36. The van der Waals surface area contributed by atoms with Gasteiger partial charge >= 0.3 is 0 Å². The lowest BCUT2D eigenvalue weighted by atomic mass is 10.0. The van der Waals surface area contributed by atoms with Gasteiger partial charge in [0.25, 0.3) is 0 Å². The molecule has 1 aromatic heterocycles. The third kappa shape index (κ3) is 3.04. The van der Waals surface area contributed by atoms with E-state index in [9.17, 15) is 5.11 Å². The Balaban J connectivity index is 2.01. The first-order valence-corrected chi connectivity index (χ1v) is 6.25. The van der Waals surface area contributed by atoms with Gasteiger partial charge in [-0.2, -0.15) is 4.98 Å². The second kappa shape index (κ2) is 4.74. The van der Waals surface area contributed by atoms with E-state index in [1.54, 1.807) is 6.92 Å². The van der Waals surface area contributed by atoms with Gasteiger partial charge in [-0.05, 0) is 32.1 Å². The van der Waals surface area contributed by atoms with Gasteiger partial charge in [0.2, 0.25) is 5.89 Å². The lowest BCUT2D eigenvalue weighted by Gasteiger charge is -2.17. The molecule has 1 aromatic rings. The van der Waals surface area contributed by atoms with Crippen LogP contribution < -0.4 is 5.73 Å². The highest BCUT2D eigenvalue weighted by molar-refractivity contribution is 5.00. The largest absolute Gasteiger partial charge is 0.388 e. The maximum atomic E-state index is 9.84. The fourth-order valence-electron chi connectivity index (χ4n) is 2.35. The molecule has 0 amide bonds. The number of hydrogen-bond donors (Lipinski definition) is 2. The van der Waals surface area contributed by atoms with Gasteiger partial charge in [0.1, 0.15) is 0 Å². The number of rotatable bonds is 4. The molecule has 3 unspecified atom stereocenters. The molecule has 5 nitrogen and oxygen atoms in total. The summed E-state index contributed by atoms with van der Waals surface area (Å²) in [5.41, 5.74) is 4.50. The standard InChI is InChI=1S/C12H21N3O2/c1-8-3-4-9(5-8)11-14-10(17-15-11)6-12(2,16)7-13/h8-9,16H,3-7,13H2,1-2H3. The van der Waals surface area contributed by atoms with E-state index in [-0.39, 0.29) is 6.54 Å². The highest BCUT2D eigenvalue weighted by Gasteiger charge is 2.28. The van der Waals surface area contributed by atoms with Gasteiger partial charge in [0.15, 0.2) is 5.82 Å². The van der Waals surface area contributed by atoms with E-state index in [1.807, 2.05) is 0 Å². The Labute approximate surface area is 101 Å². The molecule has 1 fully saturated rings. The van der Waals surface area contributed by atoms with Gasteiger partial charge < -0.3 is 15.4 Å². The molecule has 2 rings (SSSR count). The van der Waals surface area contributed by atoms with Gasteiger partial charge in [-0.15, -0.1) is 0 Å². The van der Waals surface area contributed by atoms with Gasteiger partial charge in [-0.25, -0.2) is 0 Å². The van der Waals surface area contributed by atoms with Crippen molar-refractivity contribution >= 4 is 0 Å². The van der Waals surface area contributed by atoms with Gasteiger partial charge in [0, 0.05) is 12.5 Å². The molecule has 0 aliphatic heterocycles. The number of aliphatic hydroxyl groups is 1. The summed E-state index contributed by atoms with van der Waals surface area (Å²) in [5.74, 6) is 2.44. The Kier molecular flexibility index (Phi) is 3.49. The van der Waals surface area contributed by atoms with Crippen LogP contribution in [0.5, 0.6) is 0 Å². The minimum atomic E-state index is -0.966. The molecule has 0 aromatic carbocycles. The molecule has 0 spiro atoms. The lowest BCUT2D eigenvalue weighted by molar-refractivity contribution is 0.0610. The van der Waals surface area contributed by atoms with Crippen molar-refractivity contribution in [3.63, 3.8) is 0 Å². The third-order valence-electron chi connectivity index (χ3n) is 3.52. The van der Waals surface area contributed by atoms with Crippen LogP contribution in [0.25, 0.3) is 0 Å². The summed E-state index contributed by atoms with van der Waals surface area (Å²) >= 11 is 0. The van der Waals surface area contributed by atoms with Crippen LogP contribution in [0, 0.1) is 5.92 Å². The van der Waals surface area contributed by atoms with E-state index >= 15 is 0 Å². The zero-order chi connectivity index (χ0) is 12.5. The second-order valence-corrected chi connectivity index (χ2v) is 5.54. The third-order valence-corrected chi connectivity index (χ3v) is 3.52. The molecule has 3 N–H and O–H groups in total. The van der Waals surface area contributed by atoms with Crippen molar-refractivity contribution in [1.29, 1.82) is 0 Å². The molecule has 17 heavy (non-hydrogen) atoms. The zero-order valence-corrected chi connectivity index (χ0v) is 10.5. The predicted octanol–water partition coefficient (Wildman–Crippen LogP) is 1.23. The quantitative estimate of drug-likeness (QED) is 0.825. The first-order chi connectivity index (χ1) is 8.00. The van der Waals surface area contributed by atoms with Gasteiger partial charge in [-0.1, -0.05) is 12.1 Å². The molecular weight excluding hydrogens is 218 g/mol. The highest BCUT2D eigenvalue weighted by Crippen LogP contribution is 2.36. The van der Waals surface area contributed by atoms with E-state index in [4.69, 9.17) is 10.3 Å². The fourth-order valence-corrected chi connectivity index (χ4v) is 2.35. The van der Waals surface area contributed by atoms with E-state index in [1.165, 1.54) is 6.42 Å². The Bertz CT molecular complexity index is 376. The van der Waals surface area contributed by atoms with Crippen molar-refractivity contribution in [2.75, 3.05) is 6.54 Å². The molecule has 1 aliphatic carbocycles. The van der Waals surface area contributed by atoms with Crippen molar-refractivity contribution in [2.24, 2.45) is 11.7 Å². The summed E-state index contributed by atoms with van der Waals surface area (Å²) in [4.78, 5) is 4.37. The molecule has 1 aliphatic rings. The first-order valence-electron chi connectivity index (χ1n) is 6.25. The Morgan fingerprint density at radius 1 is 1.53 bits per heavy atom. The average Bonchev–Trinajstić information content (AvgIpc) is 2.86. The normalized spacial score (nSPS) is 28.2.